The molecule has 21 heavy (non-hydrogen) atoms. The number of halogens is 1. The van der Waals surface area contributed by atoms with E-state index in [1.807, 2.05) is 0 Å². The van der Waals surface area contributed by atoms with Crippen LogP contribution in [0.4, 0.5) is 0 Å². The molecule has 6 nitrogen and oxygen atoms in total. The Morgan fingerprint density at radius 2 is 2.10 bits per heavy atom. The molecule has 0 bridgehead atoms. The summed E-state index contributed by atoms with van der Waals surface area (Å²) in [6, 6.07) is 0. The fourth-order valence-electron chi connectivity index (χ4n) is 2.91. The Balaban J connectivity index is 1.96. The minimum Gasteiger partial charge on any atom is -0.337 e. The van der Waals surface area contributed by atoms with Crippen molar-refractivity contribution in [1.82, 2.24) is 15.1 Å². The van der Waals surface area contributed by atoms with Gasteiger partial charge in [-0.1, -0.05) is 6.92 Å². The van der Waals surface area contributed by atoms with Crippen LogP contribution in [0.15, 0.2) is 4.90 Å². The standard InChI is InChI=1S/C13H18ClN3O3S/c1-8-3-2-6-17(7-8)13(18)11-12(21(14,19)20)10(15-16-11)9-4-5-9/h8-9H,2-7H2,1H3,(H,15,16). The average molecular weight is 332 g/mol. The molecule has 116 valence electrons. The lowest BCUT2D eigenvalue weighted by Gasteiger charge is -2.30. The molecule has 1 N–H and O–H groups in total. The van der Waals surface area contributed by atoms with Crippen molar-refractivity contribution in [3.63, 3.8) is 0 Å². The zero-order valence-electron chi connectivity index (χ0n) is 11.8. The molecule has 2 fully saturated rings. The number of piperidine rings is 1. The average Bonchev–Trinajstić information content (AvgIpc) is 3.15. The summed E-state index contributed by atoms with van der Waals surface area (Å²) in [5.41, 5.74) is 0.430. The highest BCUT2D eigenvalue weighted by atomic mass is 35.7. The van der Waals surface area contributed by atoms with Crippen LogP contribution in [0.1, 0.15) is 54.7 Å². The number of aromatic nitrogens is 2. The van der Waals surface area contributed by atoms with Crippen LogP contribution >= 0.6 is 10.7 Å². The Morgan fingerprint density at radius 3 is 2.67 bits per heavy atom. The van der Waals surface area contributed by atoms with E-state index in [1.165, 1.54) is 0 Å². The second-order valence-corrected chi connectivity index (χ2v) is 8.53. The van der Waals surface area contributed by atoms with E-state index in [0.717, 1.165) is 25.7 Å². The number of hydrogen-bond donors (Lipinski definition) is 1. The Labute approximate surface area is 128 Å². The highest BCUT2D eigenvalue weighted by Crippen LogP contribution is 2.43. The molecular formula is C13H18ClN3O3S. The molecule has 2 heterocycles. The molecule has 8 heteroatoms. The van der Waals surface area contributed by atoms with E-state index in [0.29, 0.717) is 24.7 Å². The number of nitrogens with one attached hydrogen (secondary N) is 1. The van der Waals surface area contributed by atoms with Crippen LogP contribution in [0.5, 0.6) is 0 Å². The molecule has 3 rings (SSSR count). The molecular weight excluding hydrogens is 314 g/mol. The van der Waals surface area contributed by atoms with E-state index in [1.54, 1.807) is 4.90 Å². The number of rotatable bonds is 3. The van der Waals surface area contributed by atoms with Gasteiger partial charge in [0.05, 0.1) is 5.69 Å². The number of hydrogen-bond acceptors (Lipinski definition) is 4. The predicted octanol–water partition coefficient (Wildman–Crippen LogP) is 2.09. The molecule has 2 aliphatic rings. The molecule has 1 amide bonds. The first-order valence-electron chi connectivity index (χ1n) is 7.20. The molecule has 1 aromatic rings. The van der Waals surface area contributed by atoms with Gasteiger partial charge in [-0.15, -0.1) is 0 Å². The maximum atomic E-state index is 12.6. The van der Waals surface area contributed by atoms with Gasteiger partial charge in [-0.05, 0) is 31.6 Å². The lowest BCUT2D eigenvalue weighted by atomic mass is 10.00. The number of aromatic amines is 1. The number of carbonyl (C=O) groups is 1. The van der Waals surface area contributed by atoms with Crippen molar-refractivity contribution in [1.29, 1.82) is 0 Å². The summed E-state index contributed by atoms with van der Waals surface area (Å²) < 4.78 is 23.7. The van der Waals surface area contributed by atoms with Gasteiger partial charge in [0.1, 0.15) is 4.90 Å². The summed E-state index contributed by atoms with van der Waals surface area (Å²) in [7, 11) is 1.54. The van der Waals surface area contributed by atoms with Crippen LogP contribution in [-0.4, -0.2) is 42.5 Å². The minimum atomic E-state index is -3.99. The lowest BCUT2D eigenvalue weighted by Crippen LogP contribution is -2.39. The van der Waals surface area contributed by atoms with Crippen molar-refractivity contribution < 1.29 is 13.2 Å². The van der Waals surface area contributed by atoms with Gasteiger partial charge in [-0.2, -0.15) is 5.10 Å². The SMILES string of the molecule is CC1CCCN(C(=O)c2n[nH]c(C3CC3)c2S(=O)(=O)Cl)C1. The molecule has 1 atom stereocenters. The Kier molecular flexibility index (Phi) is 3.73. The van der Waals surface area contributed by atoms with E-state index >= 15 is 0 Å². The topological polar surface area (TPSA) is 83.1 Å². The normalized spacial score (nSPS) is 23.3. The maximum Gasteiger partial charge on any atom is 0.275 e. The van der Waals surface area contributed by atoms with Crippen LogP contribution in [0.3, 0.4) is 0 Å². The smallest absolute Gasteiger partial charge is 0.275 e. The molecule has 1 aliphatic carbocycles. The Bertz CT molecular complexity index is 666. The second kappa shape index (κ2) is 5.28. The summed E-state index contributed by atoms with van der Waals surface area (Å²) in [6.45, 7) is 3.35. The van der Waals surface area contributed by atoms with Crippen molar-refractivity contribution in [2.45, 2.75) is 43.4 Å². The monoisotopic (exact) mass is 331 g/mol. The Hall–Kier alpha value is -1.08. The summed E-state index contributed by atoms with van der Waals surface area (Å²) in [4.78, 5) is 14.1. The van der Waals surface area contributed by atoms with E-state index < -0.39 is 9.05 Å². The van der Waals surface area contributed by atoms with Gasteiger partial charge in [-0.25, -0.2) is 8.42 Å². The third-order valence-electron chi connectivity index (χ3n) is 4.12. The van der Waals surface area contributed by atoms with Crippen LogP contribution in [-0.2, 0) is 9.05 Å². The molecule has 0 radical (unpaired) electrons. The fraction of sp³-hybridized carbons (Fsp3) is 0.692. The first kappa shape index (κ1) is 14.8. The van der Waals surface area contributed by atoms with Gasteiger partial charge >= 0.3 is 0 Å². The van der Waals surface area contributed by atoms with Crippen LogP contribution in [0, 0.1) is 5.92 Å². The molecule has 0 aromatic carbocycles. The van der Waals surface area contributed by atoms with Crippen molar-refractivity contribution in [3.05, 3.63) is 11.4 Å². The third-order valence-corrected chi connectivity index (χ3v) is 5.49. The van der Waals surface area contributed by atoms with Crippen molar-refractivity contribution in [2.24, 2.45) is 5.92 Å². The van der Waals surface area contributed by atoms with Gasteiger partial charge in [0.25, 0.3) is 15.0 Å². The largest absolute Gasteiger partial charge is 0.337 e. The van der Waals surface area contributed by atoms with Gasteiger partial charge in [0, 0.05) is 29.7 Å². The quantitative estimate of drug-likeness (QED) is 0.860. The van der Waals surface area contributed by atoms with Gasteiger partial charge in [-0.3, -0.25) is 9.89 Å². The van der Waals surface area contributed by atoms with Crippen LogP contribution in [0.25, 0.3) is 0 Å². The molecule has 1 aliphatic heterocycles. The first-order valence-corrected chi connectivity index (χ1v) is 9.51. The number of carbonyl (C=O) groups excluding carboxylic acids is 1. The molecule has 1 saturated heterocycles. The van der Waals surface area contributed by atoms with Gasteiger partial charge < -0.3 is 4.90 Å². The maximum absolute atomic E-state index is 12.6. The van der Waals surface area contributed by atoms with Gasteiger partial charge in [0.15, 0.2) is 5.69 Å². The highest BCUT2D eigenvalue weighted by molar-refractivity contribution is 8.13. The van der Waals surface area contributed by atoms with Crippen molar-refractivity contribution in [2.75, 3.05) is 13.1 Å². The summed E-state index contributed by atoms with van der Waals surface area (Å²) in [5.74, 6) is 0.201. The van der Waals surface area contributed by atoms with E-state index in [2.05, 4.69) is 17.1 Å². The predicted molar refractivity (Wildman–Crippen MR) is 77.9 cm³/mol. The van der Waals surface area contributed by atoms with Crippen molar-refractivity contribution in [3.8, 4) is 0 Å². The van der Waals surface area contributed by atoms with E-state index in [9.17, 15) is 13.2 Å². The zero-order valence-corrected chi connectivity index (χ0v) is 13.4. The first-order chi connectivity index (χ1) is 9.88. The summed E-state index contributed by atoms with van der Waals surface area (Å²) in [6.07, 6.45) is 3.81. The number of amides is 1. The van der Waals surface area contributed by atoms with Gasteiger partial charge in [0.2, 0.25) is 0 Å². The zero-order chi connectivity index (χ0) is 15.2. The number of nitrogens with zero attached hydrogens (tertiary/aromatic N) is 2. The second-order valence-electron chi connectivity index (χ2n) is 6.03. The number of likely N-dealkylation sites (tertiary alicyclic amines) is 1. The van der Waals surface area contributed by atoms with E-state index in [4.69, 9.17) is 10.7 Å². The fourth-order valence-corrected chi connectivity index (χ4v) is 4.22. The summed E-state index contributed by atoms with van der Waals surface area (Å²) in [5, 5.41) is 6.68. The lowest BCUT2D eigenvalue weighted by molar-refractivity contribution is 0.0673. The van der Waals surface area contributed by atoms with E-state index in [-0.39, 0.29) is 22.4 Å². The molecule has 1 aromatic heterocycles. The highest BCUT2D eigenvalue weighted by Gasteiger charge is 2.38. The molecule has 0 spiro atoms. The molecule has 1 unspecified atom stereocenters. The van der Waals surface area contributed by atoms with Crippen LogP contribution < -0.4 is 0 Å². The minimum absolute atomic E-state index is 0.0546. The van der Waals surface area contributed by atoms with Crippen LogP contribution in [0.2, 0.25) is 0 Å². The Morgan fingerprint density at radius 1 is 1.38 bits per heavy atom. The summed E-state index contributed by atoms with van der Waals surface area (Å²) >= 11 is 0. The van der Waals surface area contributed by atoms with Crippen molar-refractivity contribution >= 4 is 25.6 Å². The molecule has 1 saturated carbocycles. The third kappa shape index (κ3) is 2.94. The number of H-pyrrole nitrogens is 1.